The maximum absolute atomic E-state index is 13.6. The van der Waals surface area contributed by atoms with E-state index in [0.29, 0.717) is 27.1 Å². The number of carbonyl (C=O) groups excluding carboxylic acids is 1. The lowest BCUT2D eigenvalue weighted by Gasteiger charge is -2.10. The Morgan fingerprint density at radius 1 is 0.966 bits per heavy atom. The van der Waals surface area contributed by atoms with Crippen LogP contribution in [0.1, 0.15) is 10.4 Å². The van der Waals surface area contributed by atoms with Crippen molar-refractivity contribution in [2.24, 2.45) is 0 Å². The van der Waals surface area contributed by atoms with Crippen LogP contribution in [0.2, 0.25) is 0 Å². The highest BCUT2D eigenvalue weighted by atomic mass is 79.9. The van der Waals surface area contributed by atoms with Gasteiger partial charge in [0.05, 0.1) is 4.47 Å². The van der Waals surface area contributed by atoms with Crippen molar-refractivity contribution in [2.45, 2.75) is 9.79 Å². The van der Waals surface area contributed by atoms with Gasteiger partial charge in [0.2, 0.25) is 0 Å². The minimum atomic E-state index is -1.13. The second-order valence-corrected chi connectivity index (χ2v) is 7.86. The highest BCUT2D eigenvalue weighted by molar-refractivity contribution is 9.10. The van der Waals surface area contributed by atoms with Gasteiger partial charge in [0.25, 0.3) is 5.91 Å². The second-order valence-electron chi connectivity index (χ2n) is 5.89. The molecule has 0 aliphatic heterocycles. The summed E-state index contributed by atoms with van der Waals surface area (Å²) in [5, 5.41) is 13.6. The topological polar surface area (TPSA) is 104 Å². The van der Waals surface area contributed by atoms with Gasteiger partial charge in [0.15, 0.2) is 0 Å². The zero-order chi connectivity index (χ0) is 21.0. The van der Waals surface area contributed by atoms with Gasteiger partial charge in [-0.15, -0.1) is 0 Å². The lowest BCUT2D eigenvalue weighted by molar-refractivity contribution is 0.102. The van der Waals surface area contributed by atoms with Crippen LogP contribution >= 0.6 is 27.7 Å². The average molecular weight is 476 g/mol. The molecule has 0 bridgehead atoms. The first-order chi connectivity index (χ1) is 13.8. The molecule has 0 spiro atoms. The summed E-state index contributed by atoms with van der Waals surface area (Å²) in [5.74, 6) is -0.877. The van der Waals surface area contributed by atoms with Crippen LogP contribution < -0.4 is 16.4 Å². The number of nitrogens with one attached hydrogen (secondary N) is 2. The Bertz CT molecular complexity index is 1080. The molecule has 0 aliphatic rings. The predicted molar refractivity (Wildman–Crippen MR) is 115 cm³/mol. The quantitative estimate of drug-likeness (QED) is 0.356. The van der Waals surface area contributed by atoms with Gasteiger partial charge in [0, 0.05) is 32.4 Å². The van der Waals surface area contributed by atoms with Gasteiger partial charge in [-0.25, -0.2) is 9.18 Å². The number of benzene rings is 3. The Morgan fingerprint density at radius 2 is 1.66 bits per heavy atom. The van der Waals surface area contributed by atoms with Crippen molar-refractivity contribution < 1.29 is 19.1 Å². The first-order valence-corrected chi connectivity index (χ1v) is 9.86. The van der Waals surface area contributed by atoms with Gasteiger partial charge in [-0.2, -0.15) is 0 Å². The molecule has 29 heavy (non-hydrogen) atoms. The summed E-state index contributed by atoms with van der Waals surface area (Å²) < 4.78 is 13.9. The summed E-state index contributed by atoms with van der Waals surface area (Å²) in [4.78, 5) is 24.6. The van der Waals surface area contributed by atoms with Gasteiger partial charge in [-0.05, 0) is 76.6 Å². The fourth-order valence-corrected chi connectivity index (χ4v) is 3.50. The van der Waals surface area contributed by atoms with Crippen LogP contribution in [0, 0.1) is 5.82 Å². The number of nitrogens with two attached hydrogens (primary N) is 1. The van der Waals surface area contributed by atoms with Crippen molar-refractivity contribution in [3.8, 4) is 0 Å². The van der Waals surface area contributed by atoms with Crippen LogP contribution in [0.15, 0.2) is 74.9 Å². The lowest BCUT2D eigenvalue weighted by atomic mass is 10.2. The Hall–Kier alpha value is -3.04. The van der Waals surface area contributed by atoms with E-state index in [0.717, 1.165) is 9.79 Å². The van der Waals surface area contributed by atoms with E-state index in [-0.39, 0.29) is 0 Å². The first-order valence-electron chi connectivity index (χ1n) is 8.25. The van der Waals surface area contributed by atoms with Crippen molar-refractivity contribution in [3.05, 3.63) is 76.5 Å². The number of anilines is 3. The number of amides is 2. The fraction of sp³-hybridized carbons (Fsp3) is 0. The molecular weight excluding hydrogens is 461 g/mol. The first kappa shape index (κ1) is 20.7. The SMILES string of the molecule is Nc1cc(C(=O)Nc2ccc(Br)c(F)c2)ccc1Sc1ccc(NC(=O)O)cc1. The minimum absolute atomic E-state index is 0.313. The van der Waals surface area contributed by atoms with Crippen LogP contribution in [0.4, 0.5) is 26.2 Å². The molecule has 0 saturated carbocycles. The molecule has 6 nitrogen and oxygen atoms in total. The second kappa shape index (κ2) is 8.97. The molecule has 0 aromatic heterocycles. The molecule has 0 unspecified atom stereocenters. The highest BCUT2D eigenvalue weighted by Crippen LogP contribution is 2.33. The Labute approximate surface area is 178 Å². The summed E-state index contributed by atoms with van der Waals surface area (Å²) in [5.41, 5.74) is 7.64. The smallest absolute Gasteiger partial charge is 0.409 e. The summed E-state index contributed by atoms with van der Waals surface area (Å²) in [6.07, 6.45) is -1.13. The van der Waals surface area contributed by atoms with Crippen molar-refractivity contribution in [1.82, 2.24) is 0 Å². The third kappa shape index (κ3) is 5.49. The Kier molecular flexibility index (Phi) is 6.40. The normalized spacial score (nSPS) is 10.4. The molecule has 0 radical (unpaired) electrons. The minimum Gasteiger partial charge on any atom is -0.465 e. The predicted octanol–water partition coefficient (Wildman–Crippen LogP) is 5.66. The van der Waals surface area contributed by atoms with E-state index in [1.54, 1.807) is 48.5 Å². The van der Waals surface area contributed by atoms with Crippen molar-refractivity contribution in [3.63, 3.8) is 0 Å². The van der Waals surface area contributed by atoms with E-state index < -0.39 is 17.8 Å². The molecule has 0 heterocycles. The summed E-state index contributed by atoms with van der Waals surface area (Å²) in [6.45, 7) is 0. The molecule has 0 aliphatic carbocycles. The third-order valence-electron chi connectivity index (χ3n) is 3.78. The molecule has 148 valence electrons. The number of hydrogen-bond acceptors (Lipinski definition) is 4. The van der Waals surface area contributed by atoms with E-state index >= 15 is 0 Å². The molecule has 3 aromatic carbocycles. The van der Waals surface area contributed by atoms with Gasteiger partial charge >= 0.3 is 6.09 Å². The van der Waals surface area contributed by atoms with E-state index in [1.807, 2.05) is 0 Å². The molecular formula is C20H15BrFN3O3S. The van der Waals surface area contributed by atoms with Crippen LogP contribution in [-0.2, 0) is 0 Å². The summed E-state index contributed by atoms with van der Waals surface area (Å²) >= 11 is 4.45. The third-order valence-corrected chi connectivity index (χ3v) is 5.53. The maximum atomic E-state index is 13.6. The van der Waals surface area contributed by atoms with Crippen LogP contribution in [0.5, 0.6) is 0 Å². The van der Waals surface area contributed by atoms with Gasteiger partial charge in [-0.3, -0.25) is 10.1 Å². The largest absolute Gasteiger partial charge is 0.465 e. The molecule has 0 atom stereocenters. The van der Waals surface area contributed by atoms with Gasteiger partial charge < -0.3 is 16.2 Å². The number of nitrogen functional groups attached to an aromatic ring is 1. The molecule has 3 aromatic rings. The molecule has 2 amide bonds. The number of carbonyl (C=O) groups is 2. The molecule has 5 N–H and O–H groups in total. The number of hydrogen-bond donors (Lipinski definition) is 4. The fourth-order valence-electron chi connectivity index (χ4n) is 2.42. The van der Waals surface area contributed by atoms with E-state index in [2.05, 4.69) is 26.6 Å². The van der Waals surface area contributed by atoms with Crippen molar-refractivity contribution in [1.29, 1.82) is 0 Å². The standard InChI is InChI=1S/C20H15BrFN3O3S/c21-15-7-4-13(10-16(15)22)24-19(26)11-1-8-18(17(23)9-11)29-14-5-2-12(3-6-14)25-20(27)28/h1-10,25H,23H2,(H,24,26)(H,27,28). The van der Waals surface area contributed by atoms with E-state index in [4.69, 9.17) is 10.8 Å². The number of carboxylic acid groups (broad SMARTS) is 1. The van der Waals surface area contributed by atoms with Crippen LogP contribution in [0.3, 0.4) is 0 Å². The van der Waals surface area contributed by atoms with Gasteiger partial charge in [-0.1, -0.05) is 11.8 Å². The van der Waals surface area contributed by atoms with Crippen molar-refractivity contribution >= 4 is 56.8 Å². The zero-order valence-electron chi connectivity index (χ0n) is 14.8. The maximum Gasteiger partial charge on any atom is 0.409 e. The number of halogens is 2. The average Bonchev–Trinajstić information content (AvgIpc) is 2.67. The molecule has 9 heteroatoms. The summed E-state index contributed by atoms with van der Waals surface area (Å²) in [6, 6.07) is 16.0. The van der Waals surface area contributed by atoms with Gasteiger partial charge in [0.1, 0.15) is 5.82 Å². The van der Waals surface area contributed by atoms with E-state index in [9.17, 15) is 14.0 Å². The molecule has 3 rings (SSSR count). The van der Waals surface area contributed by atoms with Crippen LogP contribution in [0.25, 0.3) is 0 Å². The molecule has 0 saturated heterocycles. The number of rotatable bonds is 5. The summed E-state index contributed by atoms with van der Waals surface area (Å²) in [7, 11) is 0. The Morgan fingerprint density at radius 3 is 2.28 bits per heavy atom. The molecule has 0 fully saturated rings. The van der Waals surface area contributed by atoms with Crippen LogP contribution in [-0.4, -0.2) is 17.1 Å². The lowest BCUT2D eigenvalue weighted by Crippen LogP contribution is -2.12. The Balaban J connectivity index is 1.70. The zero-order valence-corrected chi connectivity index (χ0v) is 17.2. The van der Waals surface area contributed by atoms with Crippen molar-refractivity contribution in [2.75, 3.05) is 16.4 Å². The highest BCUT2D eigenvalue weighted by Gasteiger charge is 2.11. The van der Waals surface area contributed by atoms with E-state index in [1.165, 1.54) is 23.9 Å². The monoisotopic (exact) mass is 475 g/mol.